The van der Waals surface area contributed by atoms with Crippen LogP contribution in [0.3, 0.4) is 0 Å². The minimum absolute atomic E-state index is 0.0190. The number of carbonyl (C=O) groups is 3. The number of hydrazine groups is 1. The van der Waals surface area contributed by atoms with E-state index in [1.807, 2.05) is 30.3 Å². The van der Waals surface area contributed by atoms with Crippen LogP contribution in [-0.4, -0.2) is 106 Å². The quantitative estimate of drug-likeness (QED) is 0.119. The molecular formula is C32H36ClN9O5. The molecule has 5 N–H and O–H groups in total. The Bertz CT molecular complexity index is 1800. The van der Waals surface area contributed by atoms with Gasteiger partial charge in [0.05, 0.1) is 10.7 Å². The van der Waals surface area contributed by atoms with E-state index in [2.05, 4.69) is 47.9 Å². The van der Waals surface area contributed by atoms with Crippen LogP contribution in [0, 0.1) is 0 Å². The topological polar surface area (TPSA) is 176 Å². The molecule has 1 fully saturated rings. The molecule has 0 spiro atoms. The van der Waals surface area contributed by atoms with Crippen molar-refractivity contribution in [1.29, 1.82) is 0 Å². The zero-order valence-corrected chi connectivity index (χ0v) is 26.6. The van der Waals surface area contributed by atoms with E-state index in [1.54, 1.807) is 0 Å². The molecule has 47 heavy (non-hydrogen) atoms. The monoisotopic (exact) mass is 661 g/mol. The van der Waals surface area contributed by atoms with E-state index in [-0.39, 0.29) is 34.0 Å². The molecule has 0 atom stereocenters. The highest BCUT2D eigenvalue weighted by Gasteiger charge is 2.20. The van der Waals surface area contributed by atoms with Gasteiger partial charge in [0.2, 0.25) is 5.95 Å². The number of aromatic nitrogens is 3. The Morgan fingerprint density at radius 1 is 1.04 bits per heavy atom. The molecule has 2 aromatic carbocycles. The lowest BCUT2D eigenvalue weighted by Gasteiger charge is -2.32. The number of hydrogen-bond donors (Lipinski definition) is 5. The molecule has 1 aliphatic rings. The molecule has 14 nitrogen and oxygen atoms in total. The standard InChI is InChI=1S/C32H36ClN9O5/c1-40-14-16-41(17-15-40)12-5-11-34-31-35-20-23-18-24(30(45)37-27(23)38-31)29(44)36-26-19-22(8-9-25(26)33)28(43)39-42(32(46)47)13-10-21-6-3-2-4-7-21/h2-4,6-9,18-20H,5,10-17H2,1H3,(H,36,44)(H,39,43)(H,46,47)(H2,34,35,37,38,45). The molecule has 5 rings (SSSR count). The lowest BCUT2D eigenvalue weighted by molar-refractivity contribution is 0.0757. The predicted octanol–water partition coefficient (Wildman–Crippen LogP) is 3.14. The summed E-state index contributed by atoms with van der Waals surface area (Å²) in [7, 11) is 2.13. The number of carboxylic acid groups (broad SMARTS) is 1. The largest absolute Gasteiger partial charge is 0.464 e. The molecule has 246 valence electrons. The summed E-state index contributed by atoms with van der Waals surface area (Å²) in [6.45, 7) is 5.88. The zero-order chi connectivity index (χ0) is 33.3. The van der Waals surface area contributed by atoms with Gasteiger partial charge in [0.1, 0.15) is 11.2 Å². The maximum absolute atomic E-state index is 13.2. The fraction of sp³-hybridized carbons (Fsp3) is 0.312. The fourth-order valence-electron chi connectivity index (χ4n) is 5.05. The lowest BCUT2D eigenvalue weighted by Crippen LogP contribution is -2.46. The number of H-pyrrole nitrogens is 1. The molecular weight excluding hydrogens is 626 g/mol. The van der Waals surface area contributed by atoms with E-state index in [1.165, 1.54) is 30.5 Å². The van der Waals surface area contributed by atoms with Gasteiger partial charge in [0.15, 0.2) is 0 Å². The Hall–Kier alpha value is -5.05. The van der Waals surface area contributed by atoms with E-state index >= 15 is 0 Å². The third kappa shape index (κ3) is 9.03. The summed E-state index contributed by atoms with van der Waals surface area (Å²) < 4.78 is 0. The molecule has 3 heterocycles. The molecule has 0 radical (unpaired) electrons. The number of pyridine rings is 1. The molecule has 0 saturated carbocycles. The number of rotatable bonds is 11. The maximum atomic E-state index is 13.2. The number of halogens is 1. The number of piperazine rings is 1. The molecule has 1 saturated heterocycles. The second-order valence-corrected chi connectivity index (χ2v) is 11.6. The van der Waals surface area contributed by atoms with Crippen LogP contribution in [0.2, 0.25) is 5.02 Å². The summed E-state index contributed by atoms with van der Waals surface area (Å²) in [5, 5.41) is 16.7. The summed E-state index contributed by atoms with van der Waals surface area (Å²) in [6.07, 6.45) is 1.48. The lowest BCUT2D eigenvalue weighted by atomic mass is 10.1. The Balaban J connectivity index is 1.20. The van der Waals surface area contributed by atoms with Gasteiger partial charge in [-0.05, 0) is 56.3 Å². The number of benzene rings is 2. The molecule has 0 unspecified atom stereocenters. The summed E-state index contributed by atoms with van der Waals surface area (Å²) >= 11 is 6.29. The number of anilines is 2. The highest BCUT2D eigenvalue weighted by molar-refractivity contribution is 6.34. The highest BCUT2D eigenvalue weighted by Crippen LogP contribution is 2.24. The zero-order valence-electron chi connectivity index (χ0n) is 25.8. The van der Waals surface area contributed by atoms with Crippen molar-refractivity contribution in [3.8, 4) is 0 Å². The first-order chi connectivity index (χ1) is 22.7. The van der Waals surface area contributed by atoms with Crippen LogP contribution in [0.5, 0.6) is 0 Å². The molecule has 1 aliphatic heterocycles. The number of likely N-dealkylation sites (N-methyl/N-ethyl adjacent to an activating group) is 1. The van der Waals surface area contributed by atoms with Crippen molar-refractivity contribution in [2.75, 3.05) is 63.5 Å². The third-order valence-electron chi connectivity index (χ3n) is 7.78. The normalized spacial score (nSPS) is 13.7. The number of amides is 3. The summed E-state index contributed by atoms with van der Waals surface area (Å²) in [6, 6.07) is 14.7. The van der Waals surface area contributed by atoms with Crippen LogP contribution in [0.25, 0.3) is 11.0 Å². The van der Waals surface area contributed by atoms with Gasteiger partial charge in [0, 0.05) is 56.4 Å². The summed E-state index contributed by atoms with van der Waals surface area (Å²) in [4.78, 5) is 66.8. The molecule has 4 aromatic rings. The molecule has 0 bridgehead atoms. The third-order valence-corrected chi connectivity index (χ3v) is 8.11. The number of nitrogens with one attached hydrogen (secondary N) is 4. The first-order valence-electron chi connectivity index (χ1n) is 15.2. The van der Waals surface area contributed by atoms with Crippen molar-refractivity contribution in [3.63, 3.8) is 0 Å². The molecule has 0 aliphatic carbocycles. The fourth-order valence-corrected chi connectivity index (χ4v) is 5.21. The second-order valence-electron chi connectivity index (χ2n) is 11.2. The Labute approximate surface area is 275 Å². The number of fused-ring (bicyclic) bond motifs is 1. The smallest absolute Gasteiger partial charge is 0.426 e. The summed E-state index contributed by atoms with van der Waals surface area (Å²) in [5.41, 5.74) is 2.76. The highest BCUT2D eigenvalue weighted by atomic mass is 35.5. The van der Waals surface area contributed by atoms with Gasteiger partial charge in [-0.1, -0.05) is 41.9 Å². The Kier molecular flexibility index (Phi) is 11.0. The van der Waals surface area contributed by atoms with Crippen molar-refractivity contribution in [3.05, 3.63) is 92.9 Å². The first-order valence-corrected chi connectivity index (χ1v) is 15.5. The van der Waals surface area contributed by atoms with E-state index < -0.39 is 23.5 Å². The SMILES string of the molecule is CN1CCN(CCCNc2ncc3cc(C(=O)Nc4cc(C(=O)NN(CCc5ccccc5)C(=O)O)ccc4Cl)c(=O)[nH]c3n2)CC1. The Morgan fingerprint density at radius 2 is 1.81 bits per heavy atom. The van der Waals surface area contributed by atoms with E-state index in [0.29, 0.717) is 24.3 Å². The van der Waals surface area contributed by atoms with E-state index in [0.717, 1.165) is 49.7 Å². The van der Waals surface area contributed by atoms with E-state index in [9.17, 15) is 24.3 Å². The van der Waals surface area contributed by atoms with Crippen molar-refractivity contribution in [2.45, 2.75) is 12.8 Å². The van der Waals surface area contributed by atoms with Crippen LogP contribution < -0.4 is 21.6 Å². The minimum atomic E-state index is -1.33. The minimum Gasteiger partial charge on any atom is -0.464 e. The van der Waals surface area contributed by atoms with Gasteiger partial charge in [-0.2, -0.15) is 4.98 Å². The molecule has 15 heteroatoms. The number of aromatic amines is 1. The van der Waals surface area contributed by atoms with Crippen molar-refractivity contribution >= 4 is 52.2 Å². The first kappa shape index (κ1) is 33.3. The van der Waals surface area contributed by atoms with Gasteiger partial charge in [-0.25, -0.2) is 14.8 Å². The van der Waals surface area contributed by atoms with Crippen LogP contribution in [0.1, 0.15) is 32.7 Å². The average Bonchev–Trinajstić information content (AvgIpc) is 3.06. The van der Waals surface area contributed by atoms with Gasteiger partial charge in [0.25, 0.3) is 17.4 Å². The van der Waals surface area contributed by atoms with Crippen molar-refractivity contribution < 1.29 is 19.5 Å². The number of nitrogens with zero attached hydrogens (tertiary/aromatic N) is 5. The average molecular weight is 662 g/mol. The summed E-state index contributed by atoms with van der Waals surface area (Å²) in [5.74, 6) is -1.13. The number of hydrogen-bond acceptors (Lipinski definition) is 9. The van der Waals surface area contributed by atoms with Crippen molar-refractivity contribution in [2.24, 2.45) is 0 Å². The van der Waals surface area contributed by atoms with E-state index in [4.69, 9.17) is 11.6 Å². The van der Waals surface area contributed by atoms with Crippen LogP contribution in [0.4, 0.5) is 16.4 Å². The van der Waals surface area contributed by atoms with Crippen LogP contribution >= 0.6 is 11.6 Å². The number of carbonyl (C=O) groups excluding carboxylic acids is 2. The van der Waals surface area contributed by atoms with Crippen LogP contribution in [0.15, 0.2) is 65.6 Å². The van der Waals surface area contributed by atoms with Gasteiger partial charge < -0.3 is 30.5 Å². The van der Waals surface area contributed by atoms with Crippen molar-refractivity contribution in [1.82, 2.24) is 35.2 Å². The van der Waals surface area contributed by atoms with Gasteiger partial charge >= 0.3 is 6.09 Å². The van der Waals surface area contributed by atoms with Crippen LogP contribution in [-0.2, 0) is 6.42 Å². The molecule has 3 amide bonds. The van der Waals surface area contributed by atoms with Gasteiger partial charge in [-0.15, -0.1) is 0 Å². The maximum Gasteiger partial charge on any atom is 0.426 e. The predicted molar refractivity (Wildman–Crippen MR) is 179 cm³/mol. The Morgan fingerprint density at radius 3 is 2.55 bits per heavy atom. The second kappa shape index (κ2) is 15.5. The van der Waals surface area contributed by atoms with Gasteiger partial charge in [-0.3, -0.25) is 19.8 Å². The molecule has 2 aromatic heterocycles.